The number of aliphatic hydroxyl groups excluding tert-OH is 1. The molecule has 0 amide bonds. The fourth-order valence-corrected chi connectivity index (χ4v) is 3.50. The molecule has 1 N–H and O–H groups in total. The zero-order chi connectivity index (χ0) is 16.3. The second kappa shape index (κ2) is 6.73. The molecular weight excluding hydrogens is 286 g/mol. The molecule has 1 saturated heterocycles. The van der Waals surface area contributed by atoms with Crippen molar-refractivity contribution in [3.8, 4) is 0 Å². The van der Waals surface area contributed by atoms with E-state index in [1.807, 2.05) is 32.3 Å². The average Bonchev–Trinajstić information content (AvgIpc) is 2.62. The van der Waals surface area contributed by atoms with Gasteiger partial charge in [-0.25, -0.2) is 0 Å². The summed E-state index contributed by atoms with van der Waals surface area (Å²) in [5.41, 5.74) is 3.05. The highest BCUT2D eigenvalue weighted by Crippen LogP contribution is 2.45. The first-order valence-electron chi connectivity index (χ1n) is 8.22. The first kappa shape index (κ1) is 16.0. The summed E-state index contributed by atoms with van der Waals surface area (Å²) in [4.78, 5) is 2.07. The molecule has 0 aromatic heterocycles. The fourth-order valence-electron chi connectivity index (χ4n) is 3.50. The smallest absolute Gasteiger partial charge is 0.0888 e. The summed E-state index contributed by atoms with van der Waals surface area (Å²) >= 11 is 0. The average molecular weight is 311 g/mol. The number of hydrogen-bond donors (Lipinski definition) is 1. The third kappa shape index (κ3) is 3.12. The third-order valence-corrected chi connectivity index (χ3v) is 4.98. The van der Waals surface area contributed by atoms with Crippen molar-refractivity contribution in [2.75, 3.05) is 32.2 Å². The Bertz CT molecular complexity index is 616. The van der Waals surface area contributed by atoms with Gasteiger partial charge in [-0.3, -0.25) is 0 Å². The number of nitrogens with zero attached hydrogens (tertiary/aromatic N) is 1. The molecule has 2 aromatic rings. The van der Waals surface area contributed by atoms with Crippen molar-refractivity contribution in [1.29, 1.82) is 0 Å². The molecule has 122 valence electrons. The van der Waals surface area contributed by atoms with Crippen LogP contribution in [0.25, 0.3) is 0 Å². The van der Waals surface area contributed by atoms with Gasteiger partial charge in [0.15, 0.2) is 0 Å². The van der Waals surface area contributed by atoms with E-state index in [0.29, 0.717) is 13.2 Å². The van der Waals surface area contributed by atoms with Gasteiger partial charge in [-0.2, -0.15) is 0 Å². The van der Waals surface area contributed by atoms with Crippen LogP contribution in [0.2, 0.25) is 0 Å². The van der Waals surface area contributed by atoms with Crippen molar-refractivity contribution < 1.29 is 9.84 Å². The summed E-state index contributed by atoms with van der Waals surface area (Å²) < 4.78 is 5.57. The lowest BCUT2D eigenvalue weighted by Gasteiger charge is -2.42. The molecule has 1 atom stereocenters. The summed E-state index contributed by atoms with van der Waals surface area (Å²) in [6, 6.07) is 18.6. The minimum Gasteiger partial charge on any atom is -0.387 e. The minimum atomic E-state index is -0.523. The van der Waals surface area contributed by atoms with Gasteiger partial charge >= 0.3 is 0 Å². The molecule has 3 rings (SSSR count). The van der Waals surface area contributed by atoms with Crippen molar-refractivity contribution in [2.45, 2.75) is 24.4 Å². The van der Waals surface area contributed by atoms with E-state index in [-0.39, 0.29) is 5.41 Å². The van der Waals surface area contributed by atoms with Crippen LogP contribution in [0.5, 0.6) is 0 Å². The number of anilines is 1. The fraction of sp³-hybridized carbons (Fsp3) is 0.400. The highest BCUT2D eigenvalue weighted by molar-refractivity contribution is 5.47. The van der Waals surface area contributed by atoms with Crippen molar-refractivity contribution >= 4 is 5.69 Å². The summed E-state index contributed by atoms with van der Waals surface area (Å²) in [7, 11) is 4.05. The van der Waals surface area contributed by atoms with Crippen LogP contribution in [0.4, 0.5) is 5.69 Å². The Morgan fingerprint density at radius 2 is 1.57 bits per heavy atom. The molecule has 3 heteroatoms. The molecule has 0 unspecified atom stereocenters. The van der Waals surface area contributed by atoms with Gasteiger partial charge in [0.05, 0.1) is 6.10 Å². The molecule has 3 nitrogen and oxygen atoms in total. The van der Waals surface area contributed by atoms with Crippen LogP contribution >= 0.6 is 0 Å². The van der Waals surface area contributed by atoms with Gasteiger partial charge in [-0.15, -0.1) is 0 Å². The normalized spacial score (nSPS) is 18.4. The lowest BCUT2D eigenvalue weighted by Crippen LogP contribution is -2.39. The van der Waals surface area contributed by atoms with Gasteiger partial charge in [0.1, 0.15) is 0 Å². The largest absolute Gasteiger partial charge is 0.387 e. The molecule has 0 saturated carbocycles. The van der Waals surface area contributed by atoms with E-state index in [0.717, 1.165) is 24.1 Å². The molecule has 1 heterocycles. The van der Waals surface area contributed by atoms with Gasteiger partial charge in [-0.05, 0) is 36.1 Å². The second-order valence-corrected chi connectivity index (χ2v) is 6.52. The molecule has 23 heavy (non-hydrogen) atoms. The van der Waals surface area contributed by atoms with Crippen LogP contribution in [0.15, 0.2) is 54.6 Å². The van der Waals surface area contributed by atoms with Crippen molar-refractivity contribution in [1.82, 2.24) is 0 Å². The first-order chi connectivity index (χ1) is 11.1. The highest BCUT2D eigenvalue weighted by atomic mass is 16.5. The van der Waals surface area contributed by atoms with Crippen LogP contribution in [0, 0.1) is 0 Å². The maximum absolute atomic E-state index is 11.2. The van der Waals surface area contributed by atoms with Crippen LogP contribution in [0.3, 0.4) is 0 Å². The summed E-state index contributed by atoms with van der Waals surface area (Å²) in [6.07, 6.45) is 1.16. The van der Waals surface area contributed by atoms with E-state index in [1.165, 1.54) is 5.56 Å². The quantitative estimate of drug-likeness (QED) is 0.937. The maximum atomic E-state index is 11.2. The third-order valence-electron chi connectivity index (χ3n) is 4.98. The topological polar surface area (TPSA) is 32.7 Å². The molecule has 0 spiro atoms. The summed E-state index contributed by atoms with van der Waals surface area (Å²) in [5, 5.41) is 11.2. The Morgan fingerprint density at radius 3 is 2.13 bits per heavy atom. The lowest BCUT2D eigenvalue weighted by atomic mass is 9.68. The van der Waals surface area contributed by atoms with Crippen molar-refractivity contribution in [3.05, 3.63) is 65.7 Å². The van der Waals surface area contributed by atoms with E-state index in [2.05, 4.69) is 41.3 Å². The Morgan fingerprint density at radius 1 is 0.957 bits per heavy atom. The molecule has 1 aliphatic heterocycles. The monoisotopic (exact) mass is 311 g/mol. The van der Waals surface area contributed by atoms with Gasteiger partial charge in [0.2, 0.25) is 0 Å². The van der Waals surface area contributed by atoms with Crippen LogP contribution < -0.4 is 4.90 Å². The Hall–Kier alpha value is -1.84. The van der Waals surface area contributed by atoms with E-state index in [4.69, 9.17) is 4.74 Å². The summed E-state index contributed by atoms with van der Waals surface area (Å²) in [6.45, 7) is 1.39. The SMILES string of the molecule is CN(C)c1ccc([C@@H](O)C2(c3ccccc3)CCOCC2)cc1. The predicted octanol–water partition coefficient (Wildman–Crippen LogP) is 3.53. The van der Waals surface area contributed by atoms with Gasteiger partial charge < -0.3 is 14.7 Å². The zero-order valence-electron chi connectivity index (χ0n) is 13.9. The lowest BCUT2D eigenvalue weighted by molar-refractivity contribution is -0.0170. The second-order valence-electron chi connectivity index (χ2n) is 6.52. The molecule has 2 aromatic carbocycles. The number of rotatable bonds is 4. The molecule has 0 aliphatic carbocycles. The summed E-state index contributed by atoms with van der Waals surface area (Å²) in [5.74, 6) is 0. The van der Waals surface area contributed by atoms with Crippen LogP contribution in [0.1, 0.15) is 30.1 Å². The molecular formula is C20H25NO2. The van der Waals surface area contributed by atoms with E-state index in [9.17, 15) is 5.11 Å². The number of aliphatic hydroxyl groups is 1. The first-order valence-corrected chi connectivity index (χ1v) is 8.22. The van der Waals surface area contributed by atoms with Crippen molar-refractivity contribution in [2.24, 2.45) is 0 Å². The standard InChI is InChI=1S/C20H25NO2/c1-21(2)18-10-8-16(9-11-18)19(22)20(12-14-23-15-13-20)17-6-4-3-5-7-17/h3-11,19,22H,12-15H2,1-2H3/t19-/m1/s1. The van der Waals surface area contributed by atoms with Crippen molar-refractivity contribution in [3.63, 3.8) is 0 Å². The van der Waals surface area contributed by atoms with E-state index in [1.54, 1.807) is 0 Å². The van der Waals surface area contributed by atoms with Gasteiger partial charge in [-0.1, -0.05) is 42.5 Å². The molecule has 1 fully saturated rings. The van der Waals surface area contributed by atoms with Gasteiger partial charge in [0.25, 0.3) is 0 Å². The highest BCUT2D eigenvalue weighted by Gasteiger charge is 2.41. The number of ether oxygens (including phenoxy) is 1. The minimum absolute atomic E-state index is 0.265. The Balaban J connectivity index is 1.96. The van der Waals surface area contributed by atoms with Gasteiger partial charge in [0, 0.05) is 38.4 Å². The maximum Gasteiger partial charge on any atom is 0.0888 e. The van der Waals surface area contributed by atoms with E-state index >= 15 is 0 Å². The molecule has 0 bridgehead atoms. The zero-order valence-corrected chi connectivity index (χ0v) is 13.9. The number of benzene rings is 2. The Labute approximate surface area is 138 Å². The van der Waals surface area contributed by atoms with Crippen LogP contribution in [-0.2, 0) is 10.2 Å². The van der Waals surface area contributed by atoms with Crippen LogP contribution in [-0.4, -0.2) is 32.4 Å². The number of hydrogen-bond acceptors (Lipinski definition) is 3. The predicted molar refractivity (Wildman–Crippen MR) is 93.9 cm³/mol. The molecule has 0 radical (unpaired) electrons. The Kier molecular flexibility index (Phi) is 4.69. The van der Waals surface area contributed by atoms with E-state index < -0.39 is 6.10 Å². The molecule has 1 aliphatic rings.